The van der Waals surface area contributed by atoms with Crippen LogP contribution in [0, 0.1) is 0 Å². The summed E-state index contributed by atoms with van der Waals surface area (Å²) in [5.74, 6) is 2.32. The van der Waals surface area contributed by atoms with Gasteiger partial charge in [-0.3, -0.25) is 18.7 Å². The molecule has 0 radical (unpaired) electrons. The van der Waals surface area contributed by atoms with Crippen LogP contribution in [0.4, 0.5) is 0 Å². The average molecular weight is 743 g/mol. The predicted molar refractivity (Wildman–Crippen MR) is 223 cm³/mol. The van der Waals surface area contributed by atoms with Crippen molar-refractivity contribution >= 4 is 22.6 Å². The quantitative estimate of drug-likeness (QED) is 0.104. The maximum atomic E-state index is 13.5. The third-order valence-electron chi connectivity index (χ3n) is 10.4. The van der Waals surface area contributed by atoms with Gasteiger partial charge >= 0.3 is 5.69 Å². The molecule has 0 spiro atoms. The number of aromatic nitrogens is 2. The highest BCUT2D eigenvalue weighted by Crippen LogP contribution is 2.30. The molecule has 7 nitrogen and oxygen atoms in total. The lowest BCUT2D eigenvalue weighted by atomic mass is 9.95. The molecule has 0 N–H and O–H groups in total. The monoisotopic (exact) mass is 742 g/mol. The Morgan fingerprint density at radius 1 is 0.536 bits per heavy atom. The van der Waals surface area contributed by atoms with Crippen LogP contribution in [-0.4, -0.2) is 20.7 Å². The number of fused-ring (bicyclic) bond motifs is 1. The first-order valence-corrected chi connectivity index (χ1v) is 19.3. The zero-order chi connectivity index (χ0) is 39.3. The second-order valence-electron chi connectivity index (χ2n) is 14.4. The number of nitrogens with zero attached hydrogens (tertiary/aromatic N) is 2. The van der Waals surface area contributed by atoms with Gasteiger partial charge in [-0.1, -0.05) is 81.4 Å². The Hall–Kier alpha value is -6.47. The van der Waals surface area contributed by atoms with Gasteiger partial charge in [-0.05, 0) is 129 Å². The third kappa shape index (κ3) is 7.85. The van der Waals surface area contributed by atoms with Gasteiger partial charge < -0.3 is 9.47 Å². The van der Waals surface area contributed by atoms with Gasteiger partial charge in [0.25, 0.3) is 0 Å². The van der Waals surface area contributed by atoms with Gasteiger partial charge in [-0.25, -0.2) is 4.79 Å². The van der Waals surface area contributed by atoms with Gasteiger partial charge in [-0.15, -0.1) is 0 Å². The number of benzene rings is 6. The second kappa shape index (κ2) is 16.5. The molecule has 0 fully saturated rings. The number of imidazole rings is 1. The zero-order valence-electron chi connectivity index (χ0n) is 32.4. The normalized spacial score (nSPS) is 12.4. The first-order chi connectivity index (χ1) is 27.1. The van der Waals surface area contributed by atoms with E-state index in [1.807, 2.05) is 123 Å². The Bertz CT molecular complexity index is 2510. The van der Waals surface area contributed by atoms with Crippen LogP contribution in [-0.2, 0) is 0 Å². The molecule has 0 bridgehead atoms. The fourth-order valence-electron chi connectivity index (χ4n) is 7.01. The van der Waals surface area contributed by atoms with Crippen LogP contribution in [0.2, 0.25) is 0 Å². The summed E-state index contributed by atoms with van der Waals surface area (Å²) in [4.78, 5) is 39.9. The number of rotatable bonds is 14. The Kier molecular flexibility index (Phi) is 11.1. The van der Waals surface area contributed by atoms with E-state index in [0.717, 1.165) is 29.4 Å². The molecule has 0 aliphatic carbocycles. The summed E-state index contributed by atoms with van der Waals surface area (Å²) >= 11 is 0. The van der Waals surface area contributed by atoms with E-state index < -0.39 is 0 Å². The summed E-state index contributed by atoms with van der Waals surface area (Å²) in [6.07, 6.45) is 1.57. The van der Waals surface area contributed by atoms with Crippen molar-refractivity contribution in [3.63, 3.8) is 0 Å². The van der Waals surface area contributed by atoms with E-state index in [0.29, 0.717) is 51.1 Å². The van der Waals surface area contributed by atoms with E-state index in [9.17, 15) is 14.4 Å². The van der Waals surface area contributed by atoms with E-state index in [1.54, 1.807) is 45.5 Å². The molecule has 0 amide bonds. The highest BCUT2D eigenvalue weighted by atomic mass is 16.5. The SMILES string of the molecule is CCC(C)c1ccc(C(=O)c2ccc(Oc3ccc(OC(CC)c4ccc(C(=O)c5ccc(-n6c(=O)n(C(C)C)c7ccccc76)cc5)cc4)cc3)cc2)cc1. The van der Waals surface area contributed by atoms with E-state index in [2.05, 4.69) is 20.8 Å². The summed E-state index contributed by atoms with van der Waals surface area (Å²) in [6.45, 7) is 10.4. The molecule has 7 heteroatoms. The second-order valence-corrected chi connectivity index (χ2v) is 14.4. The minimum atomic E-state index is -0.215. The molecule has 6 aromatic carbocycles. The standard InChI is InChI=1S/C49H46N2O5/c1-6-33(5)34-12-16-36(17-13-34)48(53)39-22-26-41(27-23-39)55-42-28-30-43(31-29-42)56-46(7-2)35-14-18-37(19-15-35)47(52)38-20-24-40(25-21-38)51-45-11-9-8-10-44(45)50(32(3)4)49(51)54/h8-33,46H,6-7H2,1-5H3. The van der Waals surface area contributed by atoms with Crippen molar-refractivity contribution in [2.45, 2.75) is 65.5 Å². The summed E-state index contributed by atoms with van der Waals surface area (Å²) < 4.78 is 15.9. The molecule has 2 atom stereocenters. The Labute approximate surface area is 327 Å². The lowest BCUT2D eigenvalue weighted by Gasteiger charge is -2.18. The molecule has 0 aliphatic heterocycles. The number of carbonyl (C=O) groups is 2. The summed E-state index contributed by atoms with van der Waals surface area (Å²) in [5, 5.41) is 0. The smallest absolute Gasteiger partial charge is 0.333 e. The maximum Gasteiger partial charge on any atom is 0.333 e. The molecule has 7 aromatic rings. The molecule has 0 saturated carbocycles. The van der Waals surface area contributed by atoms with Gasteiger partial charge in [0.1, 0.15) is 23.4 Å². The summed E-state index contributed by atoms with van der Waals surface area (Å²) in [5.41, 5.74) is 6.89. The van der Waals surface area contributed by atoms with Gasteiger partial charge in [0.2, 0.25) is 0 Å². The van der Waals surface area contributed by atoms with Crippen LogP contribution in [0.15, 0.2) is 150 Å². The fourth-order valence-corrected chi connectivity index (χ4v) is 7.01. The molecule has 56 heavy (non-hydrogen) atoms. The van der Waals surface area contributed by atoms with Crippen molar-refractivity contribution < 1.29 is 19.1 Å². The van der Waals surface area contributed by atoms with Crippen LogP contribution in [0.1, 0.15) is 108 Å². The number of carbonyl (C=O) groups excluding carboxylic acids is 2. The third-order valence-corrected chi connectivity index (χ3v) is 10.4. The molecule has 1 aromatic heterocycles. The zero-order valence-corrected chi connectivity index (χ0v) is 32.4. The highest BCUT2D eigenvalue weighted by Gasteiger charge is 2.18. The number of para-hydroxylation sites is 2. The molecular formula is C49H46N2O5. The average Bonchev–Trinajstić information content (AvgIpc) is 3.54. The van der Waals surface area contributed by atoms with E-state index in [-0.39, 0.29) is 29.4 Å². The predicted octanol–water partition coefficient (Wildman–Crippen LogP) is 11.7. The van der Waals surface area contributed by atoms with Gasteiger partial charge in [0.15, 0.2) is 11.6 Å². The van der Waals surface area contributed by atoms with Gasteiger partial charge in [0.05, 0.1) is 16.7 Å². The lowest BCUT2D eigenvalue weighted by molar-refractivity contribution is 0.103. The van der Waals surface area contributed by atoms with Gasteiger partial charge in [0, 0.05) is 28.3 Å². The van der Waals surface area contributed by atoms with Crippen molar-refractivity contribution in [2.24, 2.45) is 0 Å². The minimum absolute atomic E-state index is 0.00911. The first kappa shape index (κ1) is 37.8. The summed E-state index contributed by atoms with van der Waals surface area (Å²) in [6, 6.07) is 45.0. The van der Waals surface area contributed by atoms with Crippen molar-refractivity contribution in [1.82, 2.24) is 9.13 Å². The van der Waals surface area contributed by atoms with Crippen LogP contribution in [0.25, 0.3) is 16.7 Å². The molecule has 0 aliphatic rings. The van der Waals surface area contributed by atoms with E-state index in [1.165, 1.54) is 5.56 Å². The largest absolute Gasteiger partial charge is 0.486 e. The van der Waals surface area contributed by atoms with Crippen molar-refractivity contribution in [2.75, 3.05) is 0 Å². The number of ether oxygens (including phenoxy) is 2. The lowest BCUT2D eigenvalue weighted by Crippen LogP contribution is -2.24. The molecular weight excluding hydrogens is 697 g/mol. The van der Waals surface area contributed by atoms with Crippen molar-refractivity contribution in [1.29, 1.82) is 0 Å². The maximum absolute atomic E-state index is 13.5. The Morgan fingerprint density at radius 2 is 0.982 bits per heavy atom. The molecule has 1 heterocycles. The topological polar surface area (TPSA) is 79.5 Å². The number of hydrogen-bond donors (Lipinski definition) is 0. The Balaban J connectivity index is 0.965. The van der Waals surface area contributed by atoms with E-state index >= 15 is 0 Å². The van der Waals surface area contributed by atoms with Crippen LogP contribution < -0.4 is 15.2 Å². The first-order valence-electron chi connectivity index (χ1n) is 19.3. The van der Waals surface area contributed by atoms with Crippen LogP contribution >= 0.6 is 0 Å². The van der Waals surface area contributed by atoms with E-state index in [4.69, 9.17) is 9.47 Å². The van der Waals surface area contributed by atoms with Crippen molar-refractivity contribution in [3.05, 3.63) is 189 Å². The number of hydrogen-bond acceptors (Lipinski definition) is 5. The molecule has 2 unspecified atom stereocenters. The molecule has 7 rings (SSSR count). The molecule has 0 saturated heterocycles. The Morgan fingerprint density at radius 3 is 1.48 bits per heavy atom. The summed E-state index contributed by atoms with van der Waals surface area (Å²) in [7, 11) is 0. The van der Waals surface area contributed by atoms with Crippen LogP contribution in [0.3, 0.4) is 0 Å². The number of ketones is 2. The fraction of sp³-hybridized carbons (Fsp3) is 0.204. The van der Waals surface area contributed by atoms with Gasteiger partial charge in [-0.2, -0.15) is 0 Å². The minimum Gasteiger partial charge on any atom is -0.486 e. The highest BCUT2D eigenvalue weighted by molar-refractivity contribution is 6.09. The molecule has 282 valence electrons. The van der Waals surface area contributed by atoms with Crippen molar-refractivity contribution in [3.8, 4) is 22.9 Å². The van der Waals surface area contributed by atoms with Crippen LogP contribution in [0.5, 0.6) is 17.2 Å².